The summed E-state index contributed by atoms with van der Waals surface area (Å²) in [5.41, 5.74) is 1.41. The molecule has 0 bridgehead atoms. The van der Waals surface area contributed by atoms with Gasteiger partial charge in [0.2, 0.25) is 0 Å². The van der Waals surface area contributed by atoms with Gasteiger partial charge in [0.1, 0.15) is 0 Å². The van der Waals surface area contributed by atoms with E-state index < -0.39 is 0 Å². The molecule has 18 heavy (non-hydrogen) atoms. The molecule has 1 N–H and O–H groups in total. The van der Waals surface area contributed by atoms with E-state index in [0.717, 1.165) is 32.7 Å². The molecular weight excluding hydrogens is 224 g/mol. The Morgan fingerprint density at radius 1 is 1.44 bits per heavy atom. The average Bonchev–Trinajstić information content (AvgIpc) is 2.89. The molecule has 0 saturated carbocycles. The second kappa shape index (κ2) is 6.90. The third-order valence-electron chi connectivity index (χ3n) is 4.01. The molecule has 1 aromatic heterocycles. The first-order valence-electron chi connectivity index (χ1n) is 7.28. The fourth-order valence-corrected chi connectivity index (χ4v) is 2.75. The van der Waals surface area contributed by atoms with E-state index in [0.29, 0.717) is 5.92 Å². The molecule has 1 fully saturated rings. The number of rotatable bonds is 6. The summed E-state index contributed by atoms with van der Waals surface area (Å²) in [6.45, 7) is 11.2. The van der Waals surface area contributed by atoms with Crippen LogP contribution in [0.15, 0.2) is 12.5 Å². The quantitative estimate of drug-likeness (QED) is 0.834. The summed E-state index contributed by atoms with van der Waals surface area (Å²) in [7, 11) is 0. The number of hydrogen-bond donors (Lipinski definition) is 1. The number of aromatic nitrogens is 2. The molecule has 1 aliphatic rings. The Hall–Kier alpha value is -0.870. The molecule has 2 heterocycles. The second-order valence-electron chi connectivity index (χ2n) is 5.08. The zero-order valence-electron chi connectivity index (χ0n) is 11.7. The number of imidazole rings is 1. The number of nitrogens with one attached hydrogen (secondary N) is 1. The average molecular weight is 250 g/mol. The van der Waals surface area contributed by atoms with Crippen molar-refractivity contribution in [3.05, 3.63) is 18.2 Å². The molecule has 4 heteroatoms. The monoisotopic (exact) mass is 250 g/mol. The van der Waals surface area contributed by atoms with Crippen molar-refractivity contribution in [1.82, 2.24) is 19.8 Å². The number of piperidine rings is 1. The van der Waals surface area contributed by atoms with Gasteiger partial charge < -0.3 is 14.8 Å². The van der Waals surface area contributed by atoms with Crippen molar-refractivity contribution in [2.45, 2.75) is 39.2 Å². The summed E-state index contributed by atoms with van der Waals surface area (Å²) in [4.78, 5) is 6.80. The summed E-state index contributed by atoms with van der Waals surface area (Å²) >= 11 is 0. The first-order chi connectivity index (χ1) is 8.85. The molecule has 4 nitrogen and oxygen atoms in total. The molecule has 1 aliphatic heterocycles. The molecule has 1 saturated heterocycles. The van der Waals surface area contributed by atoms with E-state index in [1.807, 2.05) is 6.33 Å². The molecular formula is C14H26N4. The van der Waals surface area contributed by atoms with Gasteiger partial charge in [-0.1, -0.05) is 13.8 Å². The minimum Gasteiger partial charge on any atom is -0.333 e. The molecule has 0 spiro atoms. The largest absolute Gasteiger partial charge is 0.333 e. The van der Waals surface area contributed by atoms with Crippen molar-refractivity contribution in [2.75, 3.05) is 32.7 Å². The first-order valence-corrected chi connectivity index (χ1v) is 7.28. The van der Waals surface area contributed by atoms with Crippen molar-refractivity contribution in [2.24, 2.45) is 0 Å². The highest BCUT2D eigenvalue weighted by Gasteiger charge is 2.18. The molecule has 0 radical (unpaired) electrons. The highest BCUT2D eigenvalue weighted by Crippen LogP contribution is 2.22. The Kier molecular flexibility index (Phi) is 5.20. The Labute approximate surface area is 110 Å². The molecule has 0 aliphatic carbocycles. The van der Waals surface area contributed by atoms with Crippen LogP contribution < -0.4 is 5.32 Å². The van der Waals surface area contributed by atoms with Crippen molar-refractivity contribution in [3.63, 3.8) is 0 Å². The zero-order chi connectivity index (χ0) is 12.8. The van der Waals surface area contributed by atoms with Gasteiger partial charge >= 0.3 is 0 Å². The first kappa shape index (κ1) is 13.6. The van der Waals surface area contributed by atoms with Gasteiger partial charge in [0.15, 0.2) is 0 Å². The Balaban J connectivity index is 1.94. The van der Waals surface area contributed by atoms with Crippen LogP contribution in [0, 0.1) is 0 Å². The lowest BCUT2D eigenvalue weighted by Crippen LogP contribution is -2.31. The van der Waals surface area contributed by atoms with Gasteiger partial charge in [-0.05, 0) is 32.5 Å². The van der Waals surface area contributed by atoms with E-state index in [9.17, 15) is 0 Å². The molecule has 0 amide bonds. The van der Waals surface area contributed by atoms with Gasteiger partial charge in [-0.2, -0.15) is 0 Å². The summed E-state index contributed by atoms with van der Waals surface area (Å²) < 4.78 is 2.34. The fraction of sp³-hybridized carbons (Fsp3) is 0.786. The lowest BCUT2D eigenvalue weighted by molar-refractivity contribution is 0.287. The van der Waals surface area contributed by atoms with Gasteiger partial charge in [0.25, 0.3) is 0 Å². The van der Waals surface area contributed by atoms with Crippen molar-refractivity contribution >= 4 is 0 Å². The molecule has 102 valence electrons. The highest BCUT2D eigenvalue weighted by atomic mass is 15.2. The lowest BCUT2D eigenvalue weighted by atomic mass is 9.96. The van der Waals surface area contributed by atoms with E-state index in [2.05, 4.69) is 39.8 Å². The normalized spacial score (nSPS) is 20.5. The van der Waals surface area contributed by atoms with Crippen molar-refractivity contribution < 1.29 is 0 Å². The van der Waals surface area contributed by atoms with Gasteiger partial charge in [0, 0.05) is 37.4 Å². The van der Waals surface area contributed by atoms with Crippen LogP contribution in [-0.4, -0.2) is 47.2 Å². The predicted molar refractivity (Wildman–Crippen MR) is 74.9 cm³/mol. The van der Waals surface area contributed by atoms with E-state index in [1.165, 1.54) is 25.1 Å². The highest BCUT2D eigenvalue weighted by molar-refractivity contribution is 5.08. The molecule has 1 atom stereocenters. The van der Waals surface area contributed by atoms with Crippen molar-refractivity contribution in [1.29, 1.82) is 0 Å². The van der Waals surface area contributed by atoms with Crippen LogP contribution >= 0.6 is 0 Å². The summed E-state index contributed by atoms with van der Waals surface area (Å²) in [5, 5.41) is 3.49. The van der Waals surface area contributed by atoms with Crippen LogP contribution in [0.25, 0.3) is 0 Å². The number of hydrogen-bond acceptors (Lipinski definition) is 3. The van der Waals surface area contributed by atoms with Crippen LogP contribution in [0.1, 0.15) is 38.3 Å². The minimum atomic E-state index is 0.651. The van der Waals surface area contributed by atoms with E-state index in [4.69, 9.17) is 0 Å². The number of nitrogens with zero attached hydrogens (tertiary/aromatic N) is 3. The van der Waals surface area contributed by atoms with Crippen LogP contribution in [0.4, 0.5) is 0 Å². The number of likely N-dealkylation sites (N-methyl/N-ethyl adjacent to an activating group) is 1. The van der Waals surface area contributed by atoms with Crippen LogP contribution in [0.2, 0.25) is 0 Å². The third kappa shape index (κ3) is 3.33. The maximum atomic E-state index is 4.34. The summed E-state index contributed by atoms with van der Waals surface area (Å²) in [6.07, 6.45) is 6.63. The zero-order valence-corrected chi connectivity index (χ0v) is 11.7. The van der Waals surface area contributed by atoms with Gasteiger partial charge in [-0.3, -0.25) is 0 Å². The Morgan fingerprint density at radius 2 is 2.28 bits per heavy atom. The van der Waals surface area contributed by atoms with Crippen LogP contribution in [-0.2, 0) is 6.54 Å². The molecule has 1 aromatic rings. The SMILES string of the molecule is CCN(CC)CCn1cncc1C1CCCNC1. The Bertz CT molecular complexity index is 337. The van der Waals surface area contributed by atoms with Crippen LogP contribution in [0.3, 0.4) is 0 Å². The maximum absolute atomic E-state index is 4.34. The topological polar surface area (TPSA) is 33.1 Å². The fourth-order valence-electron chi connectivity index (χ4n) is 2.75. The van der Waals surface area contributed by atoms with E-state index >= 15 is 0 Å². The predicted octanol–water partition coefficient (Wildman–Crippen LogP) is 1.69. The standard InChI is InChI=1S/C14H26N4/c1-3-17(4-2)8-9-18-12-16-11-14(18)13-6-5-7-15-10-13/h11-13,15H,3-10H2,1-2H3. The minimum absolute atomic E-state index is 0.651. The lowest BCUT2D eigenvalue weighted by Gasteiger charge is -2.25. The maximum Gasteiger partial charge on any atom is 0.0948 e. The molecule has 0 aromatic carbocycles. The summed E-state index contributed by atoms with van der Waals surface area (Å²) in [5.74, 6) is 0.651. The van der Waals surface area contributed by atoms with Gasteiger partial charge in [0.05, 0.1) is 6.33 Å². The van der Waals surface area contributed by atoms with E-state index in [1.54, 1.807) is 0 Å². The van der Waals surface area contributed by atoms with Gasteiger partial charge in [-0.15, -0.1) is 0 Å². The Morgan fingerprint density at radius 3 is 2.94 bits per heavy atom. The smallest absolute Gasteiger partial charge is 0.0948 e. The molecule has 2 rings (SSSR count). The van der Waals surface area contributed by atoms with E-state index in [-0.39, 0.29) is 0 Å². The van der Waals surface area contributed by atoms with Gasteiger partial charge in [-0.25, -0.2) is 4.98 Å². The molecule has 1 unspecified atom stereocenters. The second-order valence-corrected chi connectivity index (χ2v) is 5.08. The van der Waals surface area contributed by atoms with Crippen LogP contribution in [0.5, 0.6) is 0 Å². The van der Waals surface area contributed by atoms with Crippen molar-refractivity contribution in [3.8, 4) is 0 Å². The summed E-state index contributed by atoms with van der Waals surface area (Å²) in [6, 6.07) is 0. The third-order valence-corrected chi connectivity index (χ3v) is 4.01.